The Kier molecular flexibility index (Phi) is 4.01. The summed E-state index contributed by atoms with van der Waals surface area (Å²) in [4.78, 5) is 13.0. The van der Waals surface area contributed by atoms with Gasteiger partial charge in [0.2, 0.25) is 5.91 Å². The Bertz CT molecular complexity index is 173. The first-order valence-electron chi connectivity index (χ1n) is 4.36. The SMILES string of the molecule is C=CC(=O)N(C)C(C)(C)CCC. The molecule has 2 nitrogen and oxygen atoms in total. The van der Waals surface area contributed by atoms with Gasteiger partial charge >= 0.3 is 0 Å². The van der Waals surface area contributed by atoms with Gasteiger partial charge in [0, 0.05) is 12.6 Å². The summed E-state index contributed by atoms with van der Waals surface area (Å²) in [6.07, 6.45) is 3.46. The minimum absolute atomic E-state index is 0.00606. The number of likely N-dealkylation sites (N-methyl/N-ethyl adjacent to an activating group) is 1. The number of hydrogen-bond acceptors (Lipinski definition) is 1. The molecule has 0 aromatic rings. The summed E-state index contributed by atoms with van der Waals surface area (Å²) in [6.45, 7) is 9.72. The normalized spacial score (nSPS) is 11.0. The second kappa shape index (κ2) is 4.29. The molecular weight excluding hydrogens is 150 g/mol. The zero-order chi connectivity index (χ0) is 9.78. The molecule has 0 aliphatic carbocycles. The van der Waals surface area contributed by atoms with Gasteiger partial charge in [-0.15, -0.1) is 0 Å². The van der Waals surface area contributed by atoms with Gasteiger partial charge in [0.1, 0.15) is 0 Å². The number of nitrogens with zero attached hydrogens (tertiary/aromatic N) is 1. The Morgan fingerprint density at radius 2 is 2.08 bits per heavy atom. The van der Waals surface area contributed by atoms with Gasteiger partial charge in [-0.1, -0.05) is 19.9 Å². The van der Waals surface area contributed by atoms with E-state index in [-0.39, 0.29) is 11.4 Å². The van der Waals surface area contributed by atoms with Crippen molar-refractivity contribution in [2.75, 3.05) is 7.05 Å². The lowest BCUT2D eigenvalue weighted by molar-refractivity contribution is -0.129. The molecule has 0 heterocycles. The van der Waals surface area contributed by atoms with E-state index in [0.29, 0.717) is 0 Å². The standard InChI is InChI=1S/C10H19NO/c1-6-8-10(3,4)11(5)9(12)7-2/h7H,2,6,8H2,1,3-5H3. The van der Waals surface area contributed by atoms with Crippen LogP contribution in [0.1, 0.15) is 33.6 Å². The third-order valence-electron chi connectivity index (χ3n) is 2.27. The van der Waals surface area contributed by atoms with Gasteiger partial charge in [-0.3, -0.25) is 4.79 Å². The summed E-state index contributed by atoms with van der Waals surface area (Å²) in [5.41, 5.74) is -0.0555. The summed E-state index contributed by atoms with van der Waals surface area (Å²) in [6, 6.07) is 0. The molecule has 0 aliphatic heterocycles. The molecule has 0 unspecified atom stereocenters. The van der Waals surface area contributed by atoms with Crippen molar-refractivity contribution in [3.63, 3.8) is 0 Å². The second-order valence-electron chi connectivity index (χ2n) is 3.66. The minimum atomic E-state index is -0.0555. The van der Waals surface area contributed by atoms with Crippen LogP contribution in [-0.2, 0) is 4.79 Å². The molecule has 0 N–H and O–H groups in total. The van der Waals surface area contributed by atoms with E-state index in [1.807, 2.05) is 7.05 Å². The fourth-order valence-corrected chi connectivity index (χ4v) is 1.21. The molecular formula is C10H19NO. The van der Waals surface area contributed by atoms with Gasteiger partial charge in [0.15, 0.2) is 0 Å². The fraction of sp³-hybridized carbons (Fsp3) is 0.700. The van der Waals surface area contributed by atoms with Crippen LogP contribution in [0, 0.1) is 0 Å². The number of hydrogen-bond donors (Lipinski definition) is 0. The molecule has 0 bridgehead atoms. The van der Waals surface area contributed by atoms with Crippen LogP contribution < -0.4 is 0 Å². The van der Waals surface area contributed by atoms with Crippen molar-refractivity contribution in [1.82, 2.24) is 4.90 Å². The van der Waals surface area contributed by atoms with Gasteiger partial charge in [-0.25, -0.2) is 0 Å². The smallest absolute Gasteiger partial charge is 0.246 e. The molecule has 0 rings (SSSR count). The fourth-order valence-electron chi connectivity index (χ4n) is 1.21. The molecule has 0 saturated heterocycles. The highest BCUT2D eigenvalue weighted by molar-refractivity contribution is 5.87. The van der Waals surface area contributed by atoms with E-state index in [2.05, 4.69) is 27.4 Å². The van der Waals surface area contributed by atoms with Crippen LogP contribution in [-0.4, -0.2) is 23.4 Å². The lowest BCUT2D eigenvalue weighted by atomic mass is 9.97. The molecule has 0 fully saturated rings. The Hall–Kier alpha value is -0.790. The molecule has 1 amide bonds. The van der Waals surface area contributed by atoms with Crippen molar-refractivity contribution >= 4 is 5.91 Å². The van der Waals surface area contributed by atoms with E-state index >= 15 is 0 Å². The quantitative estimate of drug-likeness (QED) is 0.591. The average molecular weight is 169 g/mol. The maximum absolute atomic E-state index is 11.2. The predicted octanol–water partition coefficient (Wildman–Crippen LogP) is 2.21. The lowest BCUT2D eigenvalue weighted by Crippen LogP contribution is -2.44. The first-order chi connectivity index (χ1) is 5.45. The molecule has 0 aromatic carbocycles. The molecule has 0 saturated carbocycles. The number of carbonyl (C=O) groups is 1. The largest absolute Gasteiger partial charge is 0.337 e. The maximum Gasteiger partial charge on any atom is 0.246 e. The second-order valence-corrected chi connectivity index (χ2v) is 3.66. The van der Waals surface area contributed by atoms with Crippen LogP contribution in [0.2, 0.25) is 0 Å². The van der Waals surface area contributed by atoms with Crippen molar-refractivity contribution in [2.24, 2.45) is 0 Å². The van der Waals surface area contributed by atoms with Gasteiger partial charge in [-0.2, -0.15) is 0 Å². The van der Waals surface area contributed by atoms with Crippen molar-refractivity contribution in [3.8, 4) is 0 Å². The molecule has 12 heavy (non-hydrogen) atoms. The van der Waals surface area contributed by atoms with E-state index < -0.39 is 0 Å². The van der Waals surface area contributed by atoms with Crippen LogP contribution in [0.4, 0.5) is 0 Å². The maximum atomic E-state index is 11.2. The highest BCUT2D eigenvalue weighted by Crippen LogP contribution is 2.18. The van der Waals surface area contributed by atoms with Crippen LogP contribution >= 0.6 is 0 Å². The van der Waals surface area contributed by atoms with E-state index in [0.717, 1.165) is 12.8 Å². The Labute approximate surface area is 75.3 Å². The Morgan fingerprint density at radius 1 is 1.58 bits per heavy atom. The van der Waals surface area contributed by atoms with Crippen LogP contribution in [0.15, 0.2) is 12.7 Å². The summed E-state index contributed by atoms with van der Waals surface area (Å²) in [5.74, 6) is -0.00606. The first kappa shape index (κ1) is 11.2. The molecule has 0 atom stereocenters. The molecule has 0 aliphatic rings. The summed E-state index contributed by atoms with van der Waals surface area (Å²) in [5, 5.41) is 0. The molecule has 0 spiro atoms. The van der Waals surface area contributed by atoms with E-state index in [1.54, 1.807) is 4.90 Å². The summed E-state index contributed by atoms with van der Waals surface area (Å²) >= 11 is 0. The third kappa shape index (κ3) is 2.68. The molecule has 0 radical (unpaired) electrons. The Balaban J connectivity index is 4.32. The van der Waals surface area contributed by atoms with Crippen LogP contribution in [0.3, 0.4) is 0 Å². The lowest BCUT2D eigenvalue weighted by Gasteiger charge is -2.34. The van der Waals surface area contributed by atoms with Crippen molar-refractivity contribution in [2.45, 2.75) is 39.2 Å². The van der Waals surface area contributed by atoms with Gasteiger partial charge in [0.25, 0.3) is 0 Å². The number of amides is 1. The highest BCUT2D eigenvalue weighted by Gasteiger charge is 2.24. The average Bonchev–Trinajstić information content (AvgIpc) is 2.01. The number of rotatable bonds is 4. The van der Waals surface area contributed by atoms with Crippen molar-refractivity contribution < 1.29 is 4.79 Å². The van der Waals surface area contributed by atoms with Gasteiger partial charge < -0.3 is 4.90 Å². The topological polar surface area (TPSA) is 20.3 Å². The van der Waals surface area contributed by atoms with E-state index in [4.69, 9.17) is 0 Å². The minimum Gasteiger partial charge on any atom is -0.337 e. The summed E-state index contributed by atoms with van der Waals surface area (Å²) in [7, 11) is 1.82. The number of carbonyl (C=O) groups excluding carboxylic acids is 1. The third-order valence-corrected chi connectivity index (χ3v) is 2.27. The Morgan fingerprint density at radius 3 is 2.42 bits per heavy atom. The molecule has 70 valence electrons. The zero-order valence-electron chi connectivity index (χ0n) is 8.55. The van der Waals surface area contributed by atoms with Crippen molar-refractivity contribution in [3.05, 3.63) is 12.7 Å². The first-order valence-corrected chi connectivity index (χ1v) is 4.36. The van der Waals surface area contributed by atoms with E-state index in [1.165, 1.54) is 6.08 Å². The van der Waals surface area contributed by atoms with Crippen LogP contribution in [0.25, 0.3) is 0 Å². The summed E-state index contributed by atoms with van der Waals surface area (Å²) < 4.78 is 0. The predicted molar refractivity (Wildman–Crippen MR) is 52.0 cm³/mol. The monoisotopic (exact) mass is 169 g/mol. The molecule has 2 heteroatoms. The van der Waals surface area contributed by atoms with Gasteiger partial charge in [0.05, 0.1) is 0 Å². The highest BCUT2D eigenvalue weighted by atomic mass is 16.2. The van der Waals surface area contributed by atoms with E-state index in [9.17, 15) is 4.79 Å². The molecule has 0 aromatic heterocycles. The van der Waals surface area contributed by atoms with Gasteiger partial charge in [-0.05, 0) is 26.3 Å². The zero-order valence-corrected chi connectivity index (χ0v) is 8.55. The van der Waals surface area contributed by atoms with Crippen LogP contribution in [0.5, 0.6) is 0 Å². The van der Waals surface area contributed by atoms with Crippen molar-refractivity contribution in [1.29, 1.82) is 0 Å².